The van der Waals surface area contributed by atoms with Gasteiger partial charge in [0.1, 0.15) is 0 Å². The molecule has 1 amide bonds. The van der Waals surface area contributed by atoms with E-state index in [1.807, 2.05) is 13.1 Å². The zero-order valence-corrected chi connectivity index (χ0v) is 19.1. The number of hydrogen-bond acceptors (Lipinski definition) is 6. The van der Waals surface area contributed by atoms with Gasteiger partial charge in [-0.2, -0.15) is 0 Å². The van der Waals surface area contributed by atoms with Crippen LogP contribution in [0.2, 0.25) is 0 Å². The number of fused-ring (bicyclic) bond motifs is 1. The van der Waals surface area contributed by atoms with E-state index in [9.17, 15) is 4.79 Å². The SMILES string of the molecule is COC(C)CC(=O)NC1CCC(CCN2CCN(c3nccc4c3OCC4)CC2)CC1. The summed E-state index contributed by atoms with van der Waals surface area (Å²) in [6.07, 6.45) is 9.30. The lowest BCUT2D eigenvalue weighted by Crippen LogP contribution is -2.47. The number of carbonyl (C=O) groups is 1. The van der Waals surface area contributed by atoms with Crippen LogP contribution in [0.3, 0.4) is 0 Å². The molecule has 1 atom stereocenters. The Bertz CT molecular complexity index is 728. The summed E-state index contributed by atoms with van der Waals surface area (Å²) < 4.78 is 11.0. The first-order valence-electron chi connectivity index (χ1n) is 12.0. The normalized spacial score (nSPS) is 25.0. The van der Waals surface area contributed by atoms with Gasteiger partial charge in [-0.15, -0.1) is 0 Å². The van der Waals surface area contributed by atoms with Gasteiger partial charge in [0.05, 0.1) is 19.1 Å². The van der Waals surface area contributed by atoms with Crippen LogP contribution in [0.15, 0.2) is 12.3 Å². The zero-order valence-electron chi connectivity index (χ0n) is 19.1. The molecule has 0 bridgehead atoms. The topological polar surface area (TPSA) is 66.9 Å². The largest absolute Gasteiger partial charge is 0.489 e. The van der Waals surface area contributed by atoms with Gasteiger partial charge in [-0.1, -0.05) is 0 Å². The standard InChI is InChI=1S/C24H38N4O3/c1-18(30-2)17-22(29)26-21-5-3-19(4-6-21)8-11-27-12-14-28(15-13-27)24-23-20(7-10-25-24)9-16-31-23/h7,10,18-19,21H,3-6,8-9,11-17H2,1-2H3,(H,26,29). The molecule has 7 nitrogen and oxygen atoms in total. The molecule has 1 aromatic rings. The van der Waals surface area contributed by atoms with Crippen molar-refractivity contribution < 1.29 is 14.3 Å². The van der Waals surface area contributed by atoms with E-state index in [2.05, 4.69) is 26.2 Å². The van der Waals surface area contributed by atoms with Crippen LogP contribution in [0.4, 0.5) is 5.82 Å². The highest BCUT2D eigenvalue weighted by Gasteiger charge is 2.26. The van der Waals surface area contributed by atoms with Gasteiger partial charge in [-0.3, -0.25) is 9.69 Å². The molecule has 2 fully saturated rings. The molecule has 0 spiro atoms. The molecule has 1 aliphatic carbocycles. The first kappa shape index (κ1) is 22.3. The average Bonchev–Trinajstić information content (AvgIpc) is 3.28. The molecule has 1 saturated carbocycles. The maximum absolute atomic E-state index is 12.1. The van der Waals surface area contributed by atoms with Crippen LogP contribution < -0.4 is 15.0 Å². The van der Waals surface area contributed by atoms with E-state index in [0.717, 1.165) is 69.5 Å². The Balaban J connectivity index is 1.14. The van der Waals surface area contributed by atoms with Crippen molar-refractivity contribution >= 4 is 11.7 Å². The molecular weight excluding hydrogens is 392 g/mol. The minimum Gasteiger partial charge on any atom is -0.489 e. The number of nitrogens with zero attached hydrogens (tertiary/aromatic N) is 3. The fourth-order valence-corrected chi connectivity index (χ4v) is 5.09. The lowest BCUT2D eigenvalue weighted by molar-refractivity contribution is -0.124. The number of aromatic nitrogens is 1. The molecule has 1 N–H and O–H groups in total. The monoisotopic (exact) mass is 430 g/mol. The van der Waals surface area contributed by atoms with Crippen molar-refractivity contribution in [2.45, 2.75) is 64.0 Å². The molecule has 1 aromatic heterocycles. The summed E-state index contributed by atoms with van der Waals surface area (Å²) >= 11 is 0. The second-order valence-electron chi connectivity index (χ2n) is 9.37. The summed E-state index contributed by atoms with van der Waals surface area (Å²) in [5.74, 6) is 2.96. The van der Waals surface area contributed by atoms with Gasteiger partial charge in [0, 0.05) is 57.5 Å². The molecule has 0 radical (unpaired) electrons. The number of methoxy groups -OCH3 is 1. The molecule has 3 heterocycles. The average molecular weight is 431 g/mol. The van der Waals surface area contributed by atoms with Gasteiger partial charge in [0.15, 0.2) is 11.6 Å². The van der Waals surface area contributed by atoms with Gasteiger partial charge >= 0.3 is 0 Å². The number of rotatable bonds is 8. The third-order valence-electron chi connectivity index (χ3n) is 7.20. The van der Waals surface area contributed by atoms with Crippen molar-refractivity contribution in [2.75, 3.05) is 51.3 Å². The van der Waals surface area contributed by atoms with E-state index in [0.29, 0.717) is 12.5 Å². The summed E-state index contributed by atoms with van der Waals surface area (Å²) in [6, 6.07) is 2.43. The molecule has 3 aliphatic rings. The van der Waals surface area contributed by atoms with Crippen LogP contribution in [0.5, 0.6) is 5.75 Å². The summed E-state index contributed by atoms with van der Waals surface area (Å²) in [7, 11) is 1.65. The van der Waals surface area contributed by atoms with Crippen molar-refractivity contribution in [3.05, 3.63) is 17.8 Å². The predicted molar refractivity (Wildman–Crippen MR) is 122 cm³/mol. The van der Waals surface area contributed by atoms with Crippen LogP contribution >= 0.6 is 0 Å². The van der Waals surface area contributed by atoms with Crippen molar-refractivity contribution in [3.63, 3.8) is 0 Å². The van der Waals surface area contributed by atoms with Gasteiger partial charge in [0.2, 0.25) is 5.91 Å². The number of anilines is 1. The van der Waals surface area contributed by atoms with E-state index in [4.69, 9.17) is 9.47 Å². The van der Waals surface area contributed by atoms with Crippen molar-refractivity contribution in [3.8, 4) is 5.75 Å². The minimum atomic E-state index is -0.0112. The predicted octanol–water partition coefficient (Wildman–Crippen LogP) is 2.63. The Morgan fingerprint density at radius 2 is 2.03 bits per heavy atom. The molecule has 31 heavy (non-hydrogen) atoms. The second kappa shape index (κ2) is 10.6. The molecule has 2 aliphatic heterocycles. The summed E-state index contributed by atoms with van der Waals surface area (Å²) in [6.45, 7) is 8.12. The van der Waals surface area contributed by atoms with E-state index in [1.165, 1.54) is 31.4 Å². The zero-order chi connectivity index (χ0) is 21.6. The summed E-state index contributed by atoms with van der Waals surface area (Å²) in [5, 5.41) is 3.20. The van der Waals surface area contributed by atoms with Gasteiger partial charge in [-0.25, -0.2) is 4.98 Å². The second-order valence-corrected chi connectivity index (χ2v) is 9.37. The Morgan fingerprint density at radius 1 is 1.26 bits per heavy atom. The van der Waals surface area contributed by atoms with Gasteiger partial charge in [0.25, 0.3) is 0 Å². The Hall–Kier alpha value is -1.86. The van der Waals surface area contributed by atoms with E-state index in [1.54, 1.807) is 7.11 Å². The number of piperazine rings is 1. The molecule has 172 valence electrons. The number of carbonyl (C=O) groups excluding carboxylic acids is 1. The van der Waals surface area contributed by atoms with Crippen molar-refractivity contribution in [1.82, 2.24) is 15.2 Å². The fourth-order valence-electron chi connectivity index (χ4n) is 5.09. The minimum absolute atomic E-state index is 0.0112. The fraction of sp³-hybridized carbons (Fsp3) is 0.750. The highest BCUT2D eigenvalue weighted by atomic mass is 16.5. The Labute approximate surface area is 186 Å². The molecule has 1 saturated heterocycles. The molecule has 7 heteroatoms. The lowest BCUT2D eigenvalue weighted by Gasteiger charge is -2.37. The maximum atomic E-state index is 12.1. The van der Waals surface area contributed by atoms with Crippen LogP contribution in [0, 0.1) is 5.92 Å². The van der Waals surface area contributed by atoms with Crippen LogP contribution in [-0.4, -0.2) is 74.4 Å². The quantitative estimate of drug-likeness (QED) is 0.684. The highest BCUT2D eigenvalue weighted by Crippen LogP contribution is 2.34. The summed E-state index contributed by atoms with van der Waals surface area (Å²) in [4.78, 5) is 21.7. The highest BCUT2D eigenvalue weighted by molar-refractivity contribution is 5.76. The molecule has 1 unspecified atom stereocenters. The number of amides is 1. The van der Waals surface area contributed by atoms with E-state index < -0.39 is 0 Å². The van der Waals surface area contributed by atoms with Gasteiger partial charge in [-0.05, 0) is 57.6 Å². The van der Waals surface area contributed by atoms with Crippen LogP contribution in [-0.2, 0) is 16.0 Å². The van der Waals surface area contributed by atoms with Crippen molar-refractivity contribution in [1.29, 1.82) is 0 Å². The number of nitrogens with one attached hydrogen (secondary N) is 1. The Kier molecular flexibility index (Phi) is 7.67. The Morgan fingerprint density at radius 3 is 2.77 bits per heavy atom. The first-order valence-corrected chi connectivity index (χ1v) is 12.0. The molecule has 0 aromatic carbocycles. The number of ether oxygens (including phenoxy) is 2. The number of pyridine rings is 1. The van der Waals surface area contributed by atoms with E-state index in [-0.39, 0.29) is 12.0 Å². The number of hydrogen-bond donors (Lipinski definition) is 1. The maximum Gasteiger partial charge on any atom is 0.222 e. The molecule has 4 rings (SSSR count). The van der Waals surface area contributed by atoms with Crippen molar-refractivity contribution in [2.24, 2.45) is 5.92 Å². The van der Waals surface area contributed by atoms with Crippen LogP contribution in [0.1, 0.15) is 51.0 Å². The summed E-state index contributed by atoms with van der Waals surface area (Å²) in [5.41, 5.74) is 1.30. The van der Waals surface area contributed by atoms with E-state index >= 15 is 0 Å². The third kappa shape index (κ3) is 5.89. The lowest BCUT2D eigenvalue weighted by atomic mass is 9.84. The van der Waals surface area contributed by atoms with Crippen LogP contribution in [0.25, 0.3) is 0 Å². The first-order chi connectivity index (χ1) is 15.1. The molecular formula is C24H38N4O3. The van der Waals surface area contributed by atoms with Gasteiger partial charge < -0.3 is 19.7 Å². The third-order valence-corrected chi connectivity index (χ3v) is 7.20. The smallest absolute Gasteiger partial charge is 0.222 e.